The van der Waals surface area contributed by atoms with Crippen molar-refractivity contribution in [3.05, 3.63) is 35.9 Å². The van der Waals surface area contributed by atoms with Crippen molar-refractivity contribution < 1.29 is 38.6 Å². The van der Waals surface area contributed by atoms with Gasteiger partial charge in [-0.05, 0) is 24.8 Å². The van der Waals surface area contributed by atoms with Crippen LogP contribution < -0.4 is 16.1 Å². The number of carboxylic acids is 1. The summed E-state index contributed by atoms with van der Waals surface area (Å²) in [7, 11) is 0. The van der Waals surface area contributed by atoms with Gasteiger partial charge in [-0.2, -0.15) is 0 Å². The van der Waals surface area contributed by atoms with Crippen LogP contribution in [0, 0.1) is 0 Å². The fraction of sp³-hybridized carbons (Fsp3) is 0.455. The summed E-state index contributed by atoms with van der Waals surface area (Å²) in [5.41, 5.74) is 3.55. The van der Waals surface area contributed by atoms with E-state index in [1.54, 1.807) is 24.3 Å². The molecule has 1 fully saturated rings. The summed E-state index contributed by atoms with van der Waals surface area (Å²) in [5, 5.41) is 14.7. The van der Waals surface area contributed by atoms with Crippen LogP contribution in [0.3, 0.4) is 0 Å². The molecular weight excluding hydrogens is 448 g/mol. The molecule has 0 aromatic heterocycles. The van der Waals surface area contributed by atoms with Crippen LogP contribution in [-0.4, -0.2) is 71.2 Å². The lowest BCUT2D eigenvalue weighted by molar-refractivity contribution is -0.149. The molecule has 12 nitrogen and oxygen atoms in total. The van der Waals surface area contributed by atoms with Gasteiger partial charge < -0.3 is 30.1 Å². The van der Waals surface area contributed by atoms with E-state index in [9.17, 15) is 28.8 Å². The normalized spacial score (nSPS) is 17.1. The Labute approximate surface area is 196 Å². The predicted octanol–water partition coefficient (Wildman–Crippen LogP) is -0.0855. The average molecular weight is 476 g/mol. The third-order valence-corrected chi connectivity index (χ3v) is 5.05. The van der Waals surface area contributed by atoms with E-state index in [0.717, 1.165) is 10.6 Å². The Morgan fingerprint density at radius 3 is 2.56 bits per heavy atom. The summed E-state index contributed by atoms with van der Waals surface area (Å²) in [6, 6.07) is 5.46. The molecule has 1 aliphatic rings. The molecule has 1 saturated heterocycles. The second kappa shape index (κ2) is 13.7. The number of rotatable bonds is 12. The number of alkyl carbamates (subject to hydrolysis) is 1. The van der Waals surface area contributed by atoms with E-state index in [0.29, 0.717) is 25.5 Å². The highest BCUT2D eigenvalue weighted by Crippen LogP contribution is 2.14. The SMILES string of the molecule is O=CCCC(NC(=O)OCc1ccccc1)C(=O)N1NCCC[C@H]1C(=O)N[C@H](C=O)CC(=O)O. The molecule has 2 rings (SSSR count). The summed E-state index contributed by atoms with van der Waals surface area (Å²) in [6.45, 7) is 0.353. The van der Waals surface area contributed by atoms with Crippen LogP contribution in [0.4, 0.5) is 4.79 Å². The van der Waals surface area contributed by atoms with Gasteiger partial charge in [-0.25, -0.2) is 10.2 Å². The van der Waals surface area contributed by atoms with Crippen molar-refractivity contribution in [2.24, 2.45) is 0 Å². The molecule has 12 heteroatoms. The van der Waals surface area contributed by atoms with Crippen LogP contribution >= 0.6 is 0 Å². The maximum atomic E-state index is 13.2. The second-order valence-electron chi connectivity index (χ2n) is 7.63. The summed E-state index contributed by atoms with van der Waals surface area (Å²) in [5.74, 6) is -2.64. The molecule has 1 heterocycles. The third-order valence-electron chi connectivity index (χ3n) is 5.05. The topological polar surface area (TPSA) is 171 Å². The number of nitrogens with one attached hydrogen (secondary N) is 3. The number of hydrogen-bond donors (Lipinski definition) is 4. The van der Waals surface area contributed by atoms with Gasteiger partial charge in [-0.3, -0.25) is 19.4 Å². The fourth-order valence-corrected chi connectivity index (χ4v) is 3.38. The third kappa shape index (κ3) is 8.28. The van der Waals surface area contributed by atoms with E-state index in [-0.39, 0.29) is 25.9 Å². The zero-order valence-electron chi connectivity index (χ0n) is 18.5. The lowest BCUT2D eigenvalue weighted by Gasteiger charge is -2.37. The molecule has 1 aromatic rings. The van der Waals surface area contributed by atoms with Gasteiger partial charge in [0.1, 0.15) is 31.3 Å². The van der Waals surface area contributed by atoms with Crippen LogP contribution in [0.25, 0.3) is 0 Å². The van der Waals surface area contributed by atoms with Crippen molar-refractivity contribution in [2.45, 2.75) is 56.8 Å². The molecule has 4 N–H and O–H groups in total. The first-order chi connectivity index (χ1) is 16.3. The van der Waals surface area contributed by atoms with E-state index >= 15 is 0 Å². The molecular formula is C22H28N4O8. The van der Waals surface area contributed by atoms with Crippen molar-refractivity contribution in [3.8, 4) is 0 Å². The quantitative estimate of drug-likeness (QED) is 0.301. The van der Waals surface area contributed by atoms with Gasteiger partial charge in [0, 0.05) is 13.0 Å². The number of carbonyl (C=O) groups is 6. The largest absolute Gasteiger partial charge is 0.481 e. The summed E-state index contributed by atoms with van der Waals surface area (Å²) in [4.78, 5) is 71.1. The van der Waals surface area contributed by atoms with Crippen LogP contribution in [0.2, 0.25) is 0 Å². The Morgan fingerprint density at radius 1 is 1.18 bits per heavy atom. The molecule has 1 aromatic carbocycles. The van der Waals surface area contributed by atoms with Crippen molar-refractivity contribution in [1.29, 1.82) is 0 Å². The van der Waals surface area contributed by atoms with Gasteiger partial charge >= 0.3 is 12.1 Å². The molecule has 0 spiro atoms. The van der Waals surface area contributed by atoms with Crippen molar-refractivity contribution in [1.82, 2.24) is 21.1 Å². The van der Waals surface area contributed by atoms with Gasteiger partial charge in [0.25, 0.3) is 5.91 Å². The molecule has 1 aliphatic heterocycles. The number of benzene rings is 1. The highest BCUT2D eigenvalue weighted by molar-refractivity contribution is 5.92. The van der Waals surface area contributed by atoms with E-state index in [1.165, 1.54) is 0 Å². The summed E-state index contributed by atoms with van der Waals surface area (Å²) < 4.78 is 5.15. The molecule has 184 valence electrons. The zero-order valence-corrected chi connectivity index (χ0v) is 18.5. The van der Waals surface area contributed by atoms with E-state index < -0.39 is 48.4 Å². The van der Waals surface area contributed by atoms with Crippen LogP contribution in [0.1, 0.15) is 37.7 Å². The van der Waals surface area contributed by atoms with Crippen molar-refractivity contribution in [3.63, 3.8) is 0 Å². The molecule has 0 aliphatic carbocycles. The van der Waals surface area contributed by atoms with E-state index in [4.69, 9.17) is 9.84 Å². The smallest absolute Gasteiger partial charge is 0.408 e. The number of nitrogens with zero attached hydrogens (tertiary/aromatic N) is 1. The highest BCUT2D eigenvalue weighted by Gasteiger charge is 2.37. The lowest BCUT2D eigenvalue weighted by atomic mass is 10.0. The van der Waals surface area contributed by atoms with Crippen molar-refractivity contribution >= 4 is 36.4 Å². The van der Waals surface area contributed by atoms with Crippen LogP contribution in [-0.2, 0) is 35.3 Å². The molecule has 1 unspecified atom stereocenters. The summed E-state index contributed by atoms with van der Waals surface area (Å²) in [6.07, 6.45) is 0.197. The first-order valence-corrected chi connectivity index (χ1v) is 10.8. The van der Waals surface area contributed by atoms with E-state index in [1.807, 2.05) is 6.07 Å². The van der Waals surface area contributed by atoms with Gasteiger partial charge in [0.05, 0.1) is 12.5 Å². The van der Waals surface area contributed by atoms with Crippen LogP contribution in [0.5, 0.6) is 0 Å². The molecule has 3 atom stereocenters. The monoisotopic (exact) mass is 476 g/mol. The molecule has 0 saturated carbocycles. The minimum atomic E-state index is -1.26. The number of hydrogen-bond acceptors (Lipinski definition) is 8. The van der Waals surface area contributed by atoms with Gasteiger partial charge in [0.15, 0.2) is 0 Å². The maximum absolute atomic E-state index is 13.2. The van der Waals surface area contributed by atoms with Gasteiger partial charge in [0.2, 0.25) is 5.91 Å². The van der Waals surface area contributed by atoms with E-state index in [2.05, 4.69) is 16.1 Å². The minimum absolute atomic E-state index is 0.0219. The average Bonchev–Trinajstić information content (AvgIpc) is 2.84. The van der Waals surface area contributed by atoms with Gasteiger partial charge in [-0.1, -0.05) is 30.3 Å². The Kier molecular flexibility index (Phi) is 10.6. The summed E-state index contributed by atoms with van der Waals surface area (Å²) >= 11 is 0. The zero-order chi connectivity index (χ0) is 24.9. The molecule has 0 bridgehead atoms. The number of carbonyl (C=O) groups excluding carboxylic acids is 5. The lowest BCUT2D eigenvalue weighted by Crippen LogP contribution is -2.63. The predicted molar refractivity (Wildman–Crippen MR) is 117 cm³/mol. The molecule has 34 heavy (non-hydrogen) atoms. The minimum Gasteiger partial charge on any atom is -0.481 e. The fourth-order valence-electron chi connectivity index (χ4n) is 3.38. The number of amides is 3. The molecule has 0 radical (unpaired) electrons. The number of hydrazine groups is 1. The Morgan fingerprint density at radius 2 is 1.91 bits per heavy atom. The number of aldehydes is 2. The Hall–Kier alpha value is -3.80. The Bertz CT molecular complexity index is 879. The highest BCUT2D eigenvalue weighted by atomic mass is 16.5. The molecule has 3 amide bonds. The maximum Gasteiger partial charge on any atom is 0.408 e. The second-order valence-corrected chi connectivity index (χ2v) is 7.63. The Balaban J connectivity index is 2.07. The first-order valence-electron chi connectivity index (χ1n) is 10.8. The first kappa shape index (κ1) is 26.5. The number of ether oxygens (including phenoxy) is 1. The van der Waals surface area contributed by atoms with Crippen molar-refractivity contribution in [2.75, 3.05) is 6.54 Å². The number of carboxylic acid groups (broad SMARTS) is 1. The van der Waals surface area contributed by atoms with Gasteiger partial charge in [-0.15, -0.1) is 0 Å². The van der Waals surface area contributed by atoms with Crippen LogP contribution in [0.15, 0.2) is 30.3 Å². The standard InChI is InChI=1S/C22H28N4O8/c27-11-5-8-17(25-22(33)34-14-15-6-2-1-3-7-15)21(32)26-18(9-4-10-23-26)20(31)24-16(13-28)12-19(29)30/h1-3,6-7,11,13,16-18,23H,4-5,8-10,12,14H2,(H,24,31)(H,25,33)(H,29,30)/t16-,17?,18-/m0/s1. The number of aliphatic carboxylic acids is 1.